The Balaban J connectivity index is 3.40. The zero-order valence-corrected chi connectivity index (χ0v) is 7.39. The lowest BCUT2D eigenvalue weighted by atomic mass is 10.2. The lowest BCUT2D eigenvalue weighted by molar-refractivity contribution is 0.568. The summed E-state index contributed by atoms with van der Waals surface area (Å²) in [7, 11) is 0. The zero-order chi connectivity index (χ0) is 8.43. The van der Waals surface area contributed by atoms with Gasteiger partial charge in [0.15, 0.2) is 5.82 Å². The standard InChI is InChI=1S/C7H2F2IN/c8-5-2-1-4(3-11)6(9)7(5)10/h1-2H. The fourth-order valence-corrected chi connectivity index (χ4v) is 1.08. The molecular formula is C7H2F2IN. The van der Waals surface area contributed by atoms with Crippen LogP contribution < -0.4 is 0 Å². The van der Waals surface area contributed by atoms with Crippen molar-refractivity contribution < 1.29 is 8.78 Å². The highest BCUT2D eigenvalue weighted by Crippen LogP contribution is 2.17. The van der Waals surface area contributed by atoms with Gasteiger partial charge in [-0.15, -0.1) is 0 Å². The molecule has 0 aliphatic heterocycles. The maximum Gasteiger partial charge on any atom is 0.157 e. The Kier molecular flexibility index (Phi) is 2.39. The molecule has 0 N–H and O–H groups in total. The van der Waals surface area contributed by atoms with Crippen molar-refractivity contribution in [2.75, 3.05) is 0 Å². The van der Waals surface area contributed by atoms with Crippen LogP contribution in [0.1, 0.15) is 5.56 Å². The van der Waals surface area contributed by atoms with E-state index in [-0.39, 0.29) is 9.13 Å². The van der Waals surface area contributed by atoms with E-state index in [0.29, 0.717) is 0 Å². The van der Waals surface area contributed by atoms with E-state index in [0.717, 1.165) is 12.1 Å². The van der Waals surface area contributed by atoms with Crippen LogP contribution >= 0.6 is 22.6 Å². The van der Waals surface area contributed by atoms with Crippen molar-refractivity contribution in [1.29, 1.82) is 5.26 Å². The summed E-state index contributed by atoms with van der Waals surface area (Å²) in [4.78, 5) is 0. The van der Waals surface area contributed by atoms with E-state index >= 15 is 0 Å². The first-order chi connectivity index (χ1) is 5.16. The average molecular weight is 265 g/mol. The smallest absolute Gasteiger partial charge is 0.157 e. The SMILES string of the molecule is N#Cc1ccc(F)c(I)c1F. The second kappa shape index (κ2) is 3.13. The lowest BCUT2D eigenvalue weighted by Gasteiger charge is -1.96. The molecule has 0 amide bonds. The van der Waals surface area contributed by atoms with Crippen molar-refractivity contribution in [1.82, 2.24) is 0 Å². The Morgan fingerprint density at radius 2 is 2.00 bits per heavy atom. The van der Waals surface area contributed by atoms with Gasteiger partial charge in [0, 0.05) is 0 Å². The highest BCUT2D eigenvalue weighted by molar-refractivity contribution is 14.1. The van der Waals surface area contributed by atoms with Crippen molar-refractivity contribution in [2.24, 2.45) is 0 Å². The summed E-state index contributed by atoms with van der Waals surface area (Å²) in [5, 5.41) is 8.32. The summed E-state index contributed by atoms with van der Waals surface area (Å²) in [6.07, 6.45) is 0. The minimum absolute atomic E-state index is 0.129. The van der Waals surface area contributed by atoms with Crippen LogP contribution in [0, 0.1) is 26.5 Å². The predicted octanol–water partition coefficient (Wildman–Crippen LogP) is 2.44. The maximum absolute atomic E-state index is 12.8. The monoisotopic (exact) mass is 265 g/mol. The molecule has 0 bridgehead atoms. The van der Waals surface area contributed by atoms with Crippen molar-refractivity contribution in [3.05, 3.63) is 32.9 Å². The second-order valence-corrected chi connectivity index (χ2v) is 2.91. The summed E-state index contributed by atoms with van der Waals surface area (Å²) in [6.45, 7) is 0. The summed E-state index contributed by atoms with van der Waals surface area (Å²) >= 11 is 1.52. The molecule has 1 nitrogen and oxygen atoms in total. The van der Waals surface area contributed by atoms with E-state index in [2.05, 4.69) is 0 Å². The van der Waals surface area contributed by atoms with Crippen LogP contribution in [0.2, 0.25) is 0 Å². The number of benzene rings is 1. The fourth-order valence-electron chi connectivity index (χ4n) is 0.612. The number of rotatable bonds is 0. The molecule has 0 atom stereocenters. The molecule has 0 saturated carbocycles. The Morgan fingerprint density at radius 3 is 2.55 bits per heavy atom. The van der Waals surface area contributed by atoms with Gasteiger partial charge in [-0.2, -0.15) is 5.26 Å². The molecule has 0 heterocycles. The quantitative estimate of drug-likeness (QED) is 0.522. The first kappa shape index (κ1) is 8.40. The van der Waals surface area contributed by atoms with Crippen LogP contribution in [-0.2, 0) is 0 Å². The Bertz CT molecular complexity index is 330. The molecule has 1 aromatic carbocycles. The molecule has 0 aliphatic carbocycles. The highest BCUT2D eigenvalue weighted by Gasteiger charge is 2.09. The lowest BCUT2D eigenvalue weighted by Crippen LogP contribution is -1.91. The van der Waals surface area contributed by atoms with Gasteiger partial charge in [0.05, 0.1) is 9.13 Å². The molecule has 4 heteroatoms. The van der Waals surface area contributed by atoms with Gasteiger partial charge in [0.2, 0.25) is 0 Å². The summed E-state index contributed by atoms with van der Waals surface area (Å²) < 4.78 is 25.2. The molecular weight excluding hydrogens is 263 g/mol. The average Bonchev–Trinajstić information content (AvgIpc) is 2.01. The third-order valence-electron chi connectivity index (χ3n) is 1.16. The minimum atomic E-state index is -0.784. The number of hydrogen-bond acceptors (Lipinski definition) is 1. The molecule has 0 aromatic heterocycles. The van der Waals surface area contributed by atoms with E-state index in [1.165, 1.54) is 22.6 Å². The van der Waals surface area contributed by atoms with Gasteiger partial charge in [-0.3, -0.25) is 0 Å². The van der Waals surface area contributed by atoms with Gasteiger partial charge >= 0.3 is 0 Å². The van der Waals surface area contributed by atoms with Gasteiger partial charge < -0.3 is 0 Å². The van der Waals surface area contributed by atoms with Crippen molar-refractivity contribution in [3.8, 4) is 6.07 Å². The van der Waals surface area contributed by atoms with Crippen molar-refractivity contribution in [2.45, 2.75) is 0 Å². The molecule has 1 rings (SSSR count). The largest absolute Gasteiger partial charge is 0.206 e. The van der Waals surface area contributed by atoms with Crippen molar-refractivity contribution >= 4 is 22.6 Å². The van der Waals surface area contributed by atoms with E-state index < -0.39 is 11.6 Å². The molecule has 1 aromatic rings. The molecule has 0 unspecified atom stereocenters. The molecule has 0 saturated heterocycles. The van der Waals surface area contributed by atoms with Gasteiger partial charge in [0.25, 0.3) is 0 Å². The topological polar surface area (TPSA) is 23.8 Å². The Labute approximate surface area is 75.8 Å². The van der Waals surface area contributed by atoms with Crippen molar-refractivity contribution in [3.63, 3.8) is 0 Å². The van der Waals surface area contributed by atoms with E-state index in [1.807, 2.05) is 0 Å². The zero-order valence-electron chi connectivity index (χ0n) is 5.24. The number of nitrogens with zero attached hydrogens (tertiary/aromatic N) is 1. The third kappa shape index (κ3) is 1.48. The molecule has 0 aliphatic rings. The summed E-state index contributed by atoms with van der Waals surface area (Å²) in [5.74, 6) is -1.42. The molecule has 11 heavy (non-hydrogen) atoms. The minimum Gasteiger partial charge on any atom is -0.206 e. The Hall–Kier alpha value is -0.700. The molecule has 0 fully saturated rings. The van der Waals surface area contributed by atoms with Crippen LogP contribution in [0.4, 0.5) is 8.78 Å². The Morgan fingerprint density at radius 1 is 1.36 bits per heavy atom. The number of halogens is 3. The van der Waals surface area contributed by atoms with Gasteiger partial charge in [0.1, 0.15) is 11.9 Å². The van der Waals surface area contributed by atoms with Crippen LogP contribution in [0.5, 0.6) is 0 Å². The normalized spacial score (nSPS) is 9.27. The number of nitriles is 1. The maximum atomic E-state index is 12.8. The molecule has 0 radical (unpaired) electrons. The van der Waals surface area contributed by atoms with Crippen LogP contribution in [0.25, 0.3) is 0 Å². The number of hydrogen-bond donors (Lipinski definition) is 0. The van der Waals surface area contributed by atoms with Gasteiger partial charge in [-0.25, -0.2) is 8.78 Å². The highest BCUT2D eigenvalue weighted by atomic mass is 127. The molecule has 56 valence electrons. The second-order valence-electron chi connectivity index (χ2n) is 1.83. The van der Waals surface area contributed by atoms with Gasteiger partial charge in [-0.05, 0) is 34.7 Å². The van der Waals surface area contributed by atoms with Crippen LogP contribution in [-0.4, -0.2) is 0 Å². The van der Waals surface area contributed by atoms with E-state index in [9.17, 15) is 8.78 Å². The predicted molar refractivity (Wildman–Crippen MR) is 43.8 cm³/mol. The molecule has 0 spiro atoms. The summed E-state index contributed by atoms with van der Waals surface area (Å²) in [6, 6.07) is 3.81. The van der Waals surface area contributed by atoms with Crippen LogP contribution in [0.3, 0.4) is 0 Å². The fraction of sp³-hybridized carbons (Fsp3) is 0. The summed E-state index contributed by atoms with van der Waals surface area (Å²) in [5.41, 5.74) is -0.129. The first-order valence-electron chi connectivity index (χ1n) is 2.70. The van der Waals surface area contributed by atoms with E-state index in [1.54, 1.807) is 6.07 Å². The van der Waals surface area contributed by atoms with E-state index in [4.69, 9.17) is 5.26 Å². The third-order valence-corrected chi connectivity index (χ3v) is 2.14. The first-order valence-corrected chi connectivity index (χ1v) is 3.78. The van der Waals surface area contributed by atoms with Gasteiger partial charge in [-0.1, -0.05) is 0 Å². The van der Waals surface area contributed by atoms with Crippen LogP contribution in [0.15, 0.2) is 12.1 Å².